The Labute approximate surface area is 163 Å². The molecule has 0 aliphatic carbocycles. The SMILES string of the molecule is C[C@H]1CNCCN1C(=O)C1CCN(C(=O)c2ccc(Br)cc2)CC1.Cl. The molecule has 3 rings (SSSR count). The number of carbonyl (C=O) groups is 2. The van der Waals surface area contributed by atoms with Gasteiger partial charge in [0.2, 0.25) is 5.91 Å². The lowest BCUT2D eigenvalue weighted by atomic mass is 9.94. The average molecular weight is 431 g/mol. The maximum atomic E-state index is 12.7. The molecule has 2 aliphatic rings. The number of hydrogen-bond acceptors (Lipinski definition) is 3. The second-order valence-electron chi connectivity index (χ2n) is 6.66. The first-order valence-corrected chi connectivity index (χ1v) is 9.41. The molecule has 1 aromatic rings. The predicted molar refractivity (Wildman–Crippen MR) is 104 cm³/mol. The highest BCUT2D eigenvalue weighted by Crippen LogP contribution is 2.23. The van der Waals surface area contributed by atoms with E-state index >= 15 is 0 Å². The van der Waals surface area contributed by atoms with Crippen molar-refractivity contribution in [3.8, 4) is 0 Å². The van der Waals surface area contributed by atoms with Gasteiger partial charge in [-0.2, -0.15) is 0 Å². The third kappa shape index (κ3) is 4.74. The Morgan fingerprint density at radius 3 is 2.36 bits per heavy atom. The summed E-state index contributed by atoms with van der Waals surface area (Å²) in [4.78, 5) is 29.2. The van der Waals surface area contributed by atoms with E-state index in [2.05, 4.69) is 28.2 Å². The second-order valence-corrected chi connectivity index (χ2v) is 7.57. The maximum absolute atomic E-state index is 12.7. The van der Waals surface area contributed by atoms with Gasteiger partial charge in [-0.1, -0.05) is 15.9 Å². The normalized spacial score (nSPS) is 21.6. The number of carbonyl (C=O) groups excluding carboxylic acids is 2. The van der Waals surface area contributed by atoms with Gasteiger partial charge in [-0.15, -0.1) is 12.4 Å². The minimum atomic E-state index is 0. The molecule has 25 heavy (non-hydrogen) atoms. The number of rotatable bonds is 2. The molecule has 0 spiro atoms. The Hall–Kier alpha value is -1.11. The molecular weight excluding hydrogens is 406 g/mol. The third-order valence-electron chi connectivity index (χ3n) is 5.01. The van der Waals surface area contributed by atoms with Crippen molar-refractivity contribution in [2.75, 3.05) is 32.7 Å². The summed E-state index contributed by atoms with van der Waals surface area (Å²) in [5.74, 6) is 0.378. The van der Waals surface area contributed by atoms with Crippen LogP contribution in [0.15, 0.2) is 28.7 Å². The quantitative estimate of drug-likeness (QED) is 0.784. The average Bonchev–Trinajstić information content (AvgIpc) is 2.62. The Kier molecular flexibility index (Phi) is 7.28. The van der Waals surface area contributed by atoms with Gasteiger partial charge in [-0.25, -0.2) is 0 Å². The molecule has 1 aromatic carbocycles. The van der Waals surface area contributed by atoms with Gasteiger partial charge in [0, 0.05) is 54.7 Å². The zero-order chi connectivity index (χ0) is 17.1. The highest BCUT2D eigenvalue weighted by Gasteiger charge is 2.33. The van der Waals surface area contributed by atoms with E-state index in [0.717, 1.165) is 36.9 Å². The molecule has 5 nitrogen and oxygen atoms in total. The van der Waals surface area contributed by atoms with Crippen molar-refractivity contribution >= 4 is 40.2 Å². The number of nitrogens with one attached hydrogen (secondary N) is 1. The molecule has 2 saturated heterocycles. The Bertz CT molecular complexity index is 603. The first kappa shape index (κ1) is 20.2. The summed E-state index contributed by atoms with van der Waals surface area (Å²) in [5.41, 5.74) is 0.707. The van der Waals surface area contributed by atoms with Crippen molar-refractivity contribution < 1.29 is 9.59 Å². The summed E-state index contributed by atoms with van der Waals surface area (Å²) < 4.78 is 0.966. The van der Waals surface area contributed by atoms with E-state index < -0.39 is 0 Å². The van der Waals surface area contributed by atoms with Crippen molar-refractivity contribution in [2.45, 2.75) is 25.8 Å². The van der Waals surface area contributed by atoms with Crippen molar-refractivity contribution in [1.82, 2.24) is 15.1 Å². The number of piperazine rings is 1. The van der Waals surface area contributed by atoms with Gasteiger partial charge in [0.05, 0.1) is 0 Å². The van der Waals surface area contributed by atoms with Crippen LogP contribution < -0.4 is 5.32 Å². The van der Waals surface area contributed by atoms with Crippen molar-refractivity contribution in [2.24, 2.45) is 5.92 Å². The van der Waals surface area contributed by atoms with Gasteiger partial charge in [-0.3, -0.25) is 9.59 Å². The van der Waals surface area contributed by atoms with Crippen LogP contribution in [-0.4, -0.2) is 60.4 Å². The molecule has 0 aromatic heterocycles. The molecule has 0 saturated carbocycles. The van der Waals surface area contributed by atoms with Crippen LogP contribution in [-0.2, 0) is 4.79 Å². The zero-order valence-corrected chi connectivity index (χ0v) is 16.8. The molecule has 0 bridgehead atoms. The van der Waals surface area contributed by atoms with Crippen LogP contribution >= 0.6 is 28.3 Å². The summed E-state index contributed by atoms with van der Waals surface area (Å²) in [7, 11) is 0. The number of nitrogens with zero attached hydrogens (tertiary/aromatic N) is 2. The molecule has 7 heteroatoms. The minimum absolute atomic E-state index is 0. The molecule has 2 fully saturated rings. The van der Waals surface area contributed by atoms with E-state index in [1.54, 1.807) is 0 Å². The van der Waals surface area contributed by atoms with E-state index in [0.29, 0.717) is 18.7 Å². The molecule has 2 aliphatic heterocycles. The highest BCUT2D eigenvalue weighted by atomic mass is 79.9. The van der Waals surface area contributed by atoms with E-state index in [9.17, 15) is 9.59 Å². The van der Waals surface area contributed by atoms with Gasteiger partial charge in [-0.05, 0) is 44.0 Å². The summed E-state index contributed by atoms with van der Waals surface area (Å²) in [6.07, 6.45) is 1.52. The summed E-state index contributed by atoms with van der Waals surface area (Å²) in [5, 5.41) is 3.32. The molecule has 0 radical (unpaired) electrons. The van der Waals surface area contributed by atoms with Crippen LogP contribution in [0.4, 0.5) is 0 Å². The van der Waals surface area contributed by atoms with E-state index in [1.165, 1.54) is 0 Å². The molecule has 2 amide bonds. The van der Waals surface area contributed by atoms with Crippen LogP contribution in [0.3, 0.4) is 0 Å². The summed E-state index contributed by atoms with van der Waals surface area (Å²) in [6, 6.07) is 7.71. The Balaban J connectivity index is 0.00000225. The van der Waals surface area contributed by atoms with Crippen molar-refractivity contribution in [1.29, 1.82) is 0 Å². The lowest BCUT2D eigenvalue weighted by Gasteiger charge is -2.39. The number of hydrogen-bond donors (Lipinski definition) is 1. The molecule has 2 heterocycles. The number of piperidine rings is 1. The second kappa shape index (κ2) is 9.01. The van der Waals surface area contributed by atoms with Crippen molar-refractivity contribution in [3.63, 3.8) is 0 Å². The number of halogens is 2. The van der Waals surface area contributed by atoms with Crippen LogP contribution in [0.2, 0.25) is 0 Å². The van der Waals surface area contributed by atoms with Gasteiger partial charge in [0.25, 0.3) is 5.91 Å². The first-order valence-electron chi connectivity index (χ1n) is 8.62. The first-order chi connectivity index (χ1) is 11.6. The monoisotopic (exact) mass is 429 g/mol. The minimum Gasteiger partial charge on any atom is -0.339 e. The van der Waals surface area contributed by atoms with E-state index in [-0.39, 0.29) is 36.2 Å². The largest absolute Gasteiger partial charge is 0.339 e. The van der Waals surface area contributed by atoms with Gasteiger partial charge in [0.15, 0.2) is 0 Å². The fourth-order valence-corrected chi connectivity index (χ4v) is 3.77. The fourth-order valence-electron chi connectivity index (χ4n) is 3.51. The number of amides is 2. The van der Waals surface area contributed by atoms with Crippen LogP contribution in [0.25, 0.3) is 0 Å². The van der Waals surface area contributed by atoms with Gasteiger partial charge < -0.3 is 15.1 Å². The molecule has 138 valence electrons. The van der Waals surface area contributed by atoms with Gasteiger partial charge in [0.1, 0.15) is 0 Å². The van der Waals surface area contributed by atoms with Crippen LogP contribution in [0.5, 0.6) is 0 Å². The number of likely N-dealkylation sites (tertiary alicyclic amines) is 1. The Morgan fingerprint density at radius 1 is 1.12 bits per heavy atom. The molecule has 1 atom stereocenters. The fraction of sp³-hybridized carbons (Fsp3) is 0.556. The zero-order valence-electron chi connectivity index (χ0n) is 14.4. The molecule has 1 N–H and O–H groups in total. The lowest BCUT2D eigenvalue weighted by molar-refractivity contribution is -0.139. The standard InChI is InChI=1S/C18H24BrN3O2.ClH/c1-13-12-20-8-11-22(13)18(24)15-6-9-21(10-7-15)17(23)14-2-4-16(19)5-3-14;/h2-5,13,15,20H,6-12H2,1H3;1H/t13-;/m0./s1. The van der Waals surface area contributed by atoms with Crippen molar-refractivity contribution in [3.05, 3.63) is 34.3 Å². The summed E-state index contributed by atoms with van der Waals surface area (Å²) in [6.45, 7) is 5.94. The maximum Gasteiger partial charge on any atom is 0.253 e. The lowest BCUT2D eigenvalue weighted by Crippen LogP contribution is -2.55. The number of benzene rings is 1. The van der Waals surface area contributed by atoms with Crippen LogP contribution in [0.1, 0.15) is 30.1 Å². The topological polar surface area (TPSA) is 52.7 Å². The third-order valence-corrected chi connectivity index (χ3v) is 5.54. The predicted octanol–water partition coefficient (Wildman–Crippen LogP) is 2.54. The van der Waals surface area contributed by atoms with Crippen LogP contribution in [0, 0.1) is 5.92 Å². The smallest absolute Gasteiger partial charge is 0.253 e. The Morgan fingerprint density at radius 2 is 1.76 bits per heavy atom. The van der Waals surface area contributed by atoms with E-state index in [1.807, 2.05) is 34.1 Å². The molecule has 0 unspecified atom stereocenters. The highest BCUT2D eigenvalue weighted by molar-refractivity contribution is 9.10. The summed E-state index contributed by atoms with van der Waals surface area (Å²) >= 11 is 3.39. The van der Waals surface area contributed by atoms with Gasteiger partial charge >= 0.3 is 0 Å². The molecular formula is C18H25BrClN3O2. The van der Waals surface area contributed by atoms with E-state index in [4.69, 9.17) is 0 Å².